The molecule has 0 radical (unpaired) electrons. The number of fused-ring (bicyclic) bond motifs is 8. The van der Waals surface area contributed by atoms with Crippen LogP contribution in [0.25, 0.3) is 88.1 Å². The molecule has 0 N–H and O–H groups in total. The summed E-state index contributed by atoms with van der Waals surface area (Å²) in [6, 6.07) is 43.3. The van der Waals surface area contributed by atoms with Gasteiger partial charge in [0.05, 0.1) is 5.69 Å². The highest BCUT2D eigenvalue weighted by Crippen LogP contribution is 2.52. The first kappa shape index (κ1) is 20.8. The van der Waals surface area contributed by atoms with Crippen LogP contribution in [0, 0.1) is 0 Å². The summed E-state index contributed by atoms with van der Waals surface area (Å²) >= 11 is 0. The molecule has 0 spiro atoms. The number of nitrogens with zero attached hydrogens (tertiary/aromatic N) is 1. The van der Waals surface area contributed by atoms with Crippen molar-refractivity contribution >= 4 is 43.5 Å². The fourth-order valence-corrected chi connectivity index (χ4v) is 6.62. The van der Waals surface area contributed by atoms with Crippen LogP contribution in [0.4, 0.5) is 0 Å². The van der Waals surface area contributed by atoms with Crippen LogP contribution in [0.2, 0.25) is 0 Å². The van der Waals surface area contributed by atoms with Crippen molar-refractivity contribution in [3.8, 4) is 44.6 Å². The van der Waals surface area contributed by atoms with Crippen molar-refractivity contribution in [1.29, 1.82) is 0 Å². The van der Waals surface area contributed by atoms with E-state index in [9.17, 15) is 0 Å². The highest BCUT2D eigenvalue weighted by molar-refractivity contribution is 6.28. The molecular formula is C37H21NO. The number of aromatic nitrogens is 1. The van der Waals surface area contributed by atoms with Crippen molar-refractivity contribution in [2.24, 2.45) is 0 Å². The molecule has 0 amide bonds. The standard InChI is InChI=1S/C37H21NO/c1-2-10-27-26(9-1)33(31-14-6-12-28-29-15-7-21-38-36(29)35(27)34(28)31)23-19-17-22(18-20-23)24-11-5-13-30-25-8-3-4-16-32(25)39-37(24)30/h1-21H. The fraction of sp³-hybridized carbons (Fsp3) is 0. The predicted octanol–water partition coefficient (Wildman–Crippen LogP) is 10.3. The van der Waals surface area contributed by atoms with Gasteiger partial charge in [0.25, 0.3) is 0 Å². The van der Waals surface area contributed by atoms with Crippen LogP contribution in [0.3, 0.4) is 0 Å². The maximum absolute atomic E-state index is 6.33. The molecule has 0 saturated carbocycles. The van der Waals surface area contributed by atoms with E-state index in [1.54, 1.807) is 0 Å². The summed E-state index contributed by atoms with van der Waals surface area (Å²) in [6.45, 7) is 0. The molecule has 2 heterocycles. The van der Waals surface area contributed by atoms with Crippen LogP contribution in [-0.2, 0) is 0 Å². The third-order valence-corrected chi connectivity index (χ3v) is 8.27. The fourth-order valence-electron chi connectivity index (χ4n) is 6.62. The molecule has 1 aliphatic rings. The number of benzene rings is 6. The Bertz CT molecular complexity index is 2270. The van der Waals surface area contributed by atoms with Crippen molar-refractivity contribution < 1.29 is 4.42 Å². The van der Waals surface area contributed by atoms with Gasteiger partial charge in [-0.05, 0) is 50.5 Å². The van der Waals surface area contributed by atoms with Gasteiger partial charge in [-0.1, -0.05) is 109 Å². The summed E-state index contributed by atoms with van der Waals surface area (Å²) in [5, 5.41) is 7.38. The highest BCUT2D eigenvalue weighted by atomic mass is 16.3. The monoisotopic (exact) mass is 495 g/mol. The molecule has 2 heteroatoms. The molecule has 0 unspecified atom stereocenters. The third kappa shape index (κ3) is 2.78. The van der Waals surface area contributed by atoms with Gasteiger partial charge in [-0.3, -0.25) is 4.98 Å². The van der Waals surface area contributed by atoms with Crippen LogP contribution in [0.1, 0.15) is 0 Å². The van der Waals surface area contributed by atoms with Gasteiger partial charge in [0.1, 0.15) is 11.2 Å². The van der Waals surface area contributed by atoms with Crippen LogP contribution in [-0.4, -0.2) is 4.98 Å². The van der Waals surface area contributed by atoms with Crippen molar-refractivity contribution in [1.82, 2.24) is 4.98 Å². The molecule has 9 rings (SSSR count). The van der Waals surface area contributed by atoms with Gasteiger partial charge < -0.3 is 4.42 Å². The minimum atomic E-state index is 0.923. The van der Waals surface area contributed by atoms with Crippen LogP contribution in [0.5, 0.6) is 0 Å². The molecule has 2 nitrogen and oxygen atoms in total. The van der Waals surface area contributed by atoms with E-state index in [0.717, 1.165) is 38.8 Å². The molecule has 1 aliphatic carbocycles. The minimum absolute atomic E-state index is 0.923. The number of rotatable bonds is 2. The summed E-state index contributed by atoms with van der Waals surface area (Å²) in [5.41, 5.74) is 11.4. The summed E-state index contributed by atoms with van der Waals surface area (Å²) in [4.78, 5) is 4.83. The quantitative estimate of drug-likeness (QED) is 0.223. The van der Waals surface area contributed by atoms with Gasteiger partial charge in [0.2, 0.25) is 0 Å². The molecule has 0 bridgehead atoms. The lowest BCUT2D eigenvalue weighted by molar-refractivity contribution is 0.670. The first-order valence-corrected chi connectivity index (χ1v) is 13.3. The van der Waals surface area contributed by atoms with Crippen molar-refractivity contribution in [3.05, 3.63) is 128 Å². The van der Waals surface area contributed by atoms with Gasteiger partial charge in [0, 0.05) is 39.0 Å². The minimum Gasteiger partial charge on any atom is -0.455 e. The first-order valence-electron chi connectivity index (χ1n) is 13.3. The lowest BCUT2D eigenvalue weighted by Crippen LogP contribution is -1.89. The first-order chi connectivity index (χ1) is 19.4. The average Bonchev–Trinajstić information content (AvgIpc) is 3.55. The molecule has 0 fully saturated rings. The Labute approximate surface area is 224 Å². The van der Waals surface area contributed by atoms with Gasteiger partial charge in [0.15, 0.2) is 0 Å². The summed E-state index contributed by atoms with van der Waals surface area (Å²) in [5.74, 6) is 0. The lowest BCUT2D eigenvalue weighted by atomic mass is 9.88. The molecule has 2 aromatic heterocycles. The number of para-hydroxylation sites is 2. The van der Waals surface area contributed by atoms with Crippen LogP contribution in [0.15, 0.2) is 132 Å². The number of furan rings is 1. The van der Waals surface area contributed by atoms with E-state index in [-0.39, 0.29) is 0 Å². The molecule has 180 valence electrons. The lowest BCUT2D eigenvalue weighted by Gasteiger charge is -2.15. The van der Waals surface area contributed by atoms with E-state index in [2.05, 4.69) is 103 Å². The second-order valence-corrected chi connectivity index (χ2v) is 10.3. The Morgan fingerprint density at radius 2 is 1.08 bits per heavy atom. The number of hydrogen-bond acceptors (Lipinski definition) is 2. The highest BCUT2D eigenvalue weighted by Gasteiger charge is 2.27. The second-order valence-electron chi connectivity index (χ2n) is 10.3. The Morgan fingerprint density at radius 1 is 0.436 bits per heavy atom. The van der Waals surface area contributed by atoms with E-state index >= 15 is 0 Å². The zero-order valence-corrected chi connectivity index (χ0v) is 21.0. The molecule has 0 aliphatic heterocycles. The van der Waals surface area contributed by atoms with Crippen molar-refractivity contribution in [2.45, 2.75) is 0 Å². The molecule has 0 atom stereocenters. The summed E-state index contributed by atoms with van der Waals surface area (Å²) in [7, 11) is 0. The Balaban J connectivity index is 1.28. The van der Waals surface area contributed by atoms with E-state index in [4.69, 9.17) is 9.40 Å². The largest absolute Gasteiger partial charge is 0.455 e. The number of hydrogen-bond donors (Lipinski definition) is 0. The average molecular weight is 496 g/mol. The summed E-state index contributed by atoms with van der Waals surface area (Å²) < 4.78 is 6.33. The van der Waals surface area contributed by atoms with Gasteiger partial charge in [-0.25, -0.2) is 0 Å². The van der Waals surface area contributed by atoms with Gasteiger partial charge >= 0.3 is 0 Å². The van der Waals surface area contributed by atoms with Gasteiger partial charge in [-0.2, -0.15) is 0 Å². The zero-order chi connectivity index (χ0) is 25.5. The maximum atomic E-state index is 6.33. The van der Waals surface area contributed by atoms with Crippen molar-refractivity contribution in [2.75, 3.05) is 0 Å². The molecule has 39 heavy (non-hydrogen) atoms. The van der Waals surface area contributed by atoms with E-state index in [1.807, 2.05) is 24.4 Å². The van der Waals surface area contributed by atoms with E-state index < -0.39 is 0 Å². The molecule has 0 saturated heterocycles. The Morgan fingerprint density at radius 3 is 1.92 bits per heavy atom. The SMILES string of the molecule is c1cnc2c(c1)-c1cccc3c(-c4ccc(-c5cccc6c5oc5ccccc56)cc4)c4ccccc4c-2c13. The van der Waals surface area contributed by atoms with E-state index in [1.165, 1.54) is 49.4 Å². The molecule has 6 aromatic carbocycles. The second kappa shape index (κ2) is 7.66. The van der Waals surface area contributed by atoms with E-state index in [0.29, 0.717) is 0 Å². The Kier molecular flexibility index (Phi) is 4.08. The smallest absolute Gasteiger partial charge is 0.143 e. The molecular weight excluding hydrogens is 474 g/mol. The van der Waals surface area contributed by atoms with Crippen molar-refractivity contribution in [3.63, 3.8) is 0 Å². The Hall–Kier alpha value is -5.21. The topological polar surface area (TPSA) is 26.0 Å². The maximum Gasteiger partial charge on any atom is 0.143 e. The zero-order valence-electron chi connectivity index (χ0n) is 21.0. The van der Waals surface area contributed by atoms with Crippen LogP contribution >= 0.6 is 0 Å². The number of pyridine rings is 1. The van der Waals surface area contributed by atoms with Crippen LogP contribution < -0.4 is 0 Å². The normalized spacial score (nSPS) is 12.1. The summed E-state index contributed by atoms with van der Waals surface area (Å²) in [6.07, 6.45) is 1.90. The predicted molar refractivity (Wildman–Crippen MR) is 162 cm³/mol. The third-order valence-electron chi connectivity index (χ3n) is 8.27. The molecule has 8 aromatic rings. The van der Waals surface area contributed by atoms with Gasteiger partial charge in [-0.15, -0.1) is 0 Å².